The minimum absolute atomic E-state index is 0.0953. The Morgan fingerprint density at radius 3 is 2.84 bits per heavy atom. The topological polar surface area (TPSA) is 38.5 Å². The molecule has 2 N–H and O–H groups in total. The SMILES string of the molecule is N[C@@H]1CCCN([C@@H]2Cc3ccccc3[C@@H]2Oc2ccc(Br)c(F)c2)C1. The van der Waals surface area contributed by atoms with Crippen LogP contribution in [0.4, 0.5) is 4.39 Å². The van der Waals surface area contributed by atoms with Gasteiger partial charge in [-0.15, -0.1) is 0 Å². The average Bonchev–Trinajstić information content (AvgIpc) is 2.97. The third-order valence-electron chi connectivity index (χ3n) is 5.25. The number of ether oxygens (including phenoxy) is 1. The van der Waals surface area contributed by atoms with Crippen LogP contribution in [-0.4, -0.2) is 30.1 Å². The Kier molecular flexibility index (Phi) is 4.80. The molecule has 0 spiro atoms. The molecule has 3 nitrogen and oxygen atoms in total. The van der Waals surface area contributed by atoms with Crippen molar-refractivity contribution >= 4 is 15.9 Å². The Morgan fingerprint density at radius 2 is 2.04 bits per heavy atom. The molecule has 1 aliphatic heterocycles. The molecule has 0 saturated carbocycles. The maximum absolute atomic E-state index is 13.9. The summed E-state index contributed by atoms with van der Waals surface area (Å²) in [6.07, 6.45) is 3.06. The molecule has 0 radical (unpaired) electrons. The Hall–Kier alpha value is -1.43. The van der Waals surface area contributed by atoms with Gasteiger partial charge in [-0.25, -0.2) is 4.39 Å². The summed E-state index contributed by atoms with van der Waals surface area (Å²) in [4.78, 5) is 2.45. The van der Waals surface area contributed by atoms with Crippen LogP contribution in [0.1, 0.15) is 30.1 Å². The zero-order valence-electron chi connectivity index (χ0n) is 14.0. The number of benzene rings is 2. The summed E-state index contributed by atoms with van der Waals surface area (Å²) < 4.78 is 20.6. The van der Waals surface area contributed by atoms with Gasteiger partial charge in [0.1, 0.15) is 17.7 Å². The maximum atomic E-state index is 13.9. The Labute approximate surface area is 156 Å². The molecular weight excluding hydrogens is 383 g/mol. The van der Waals surface area contributed by atoms with Gasteiger partial charge in [0.25, 0.3) is 0 Å². The van der Waals surface area contributed by atoms with E-state index in [0.717, 1.165) is 32.4 Å². The van der Waals surface area contributed by atoms with Crippen molar-refractivity contribution in [1.82, 2.24) is 4.90 Å². The summed E-state index contributed by atoms with van der Waals surface area (Å²) in [5, 5.41) is 0. The number of nitrogens with zero attached hydrogens (tertiary/aromatic N) is 1. The number of piperidine rings is 1. The fourth-order valence-electron chi connectivity index (χ4n) is 4.04. The van der Waals surface area contributed by atoms with E-state index in [1.165, 1.54) is 17.2 Å². The van der Waals surface area contributed by atoms with E-state index < -0.39 is 0 Å². The van der Waals surface area contributed by atoms with E-state index in [2.05, 4.69) is 39.0 Å². The normalized spacial score (nSPS) is 26.4. The summed E-state index contributed by atoms with van der Waals surface area (Å²) in [5.74, 6) is 0.258. The van der Waals surface area contributed by atoms with Crippen LogP contribution >= 0.6 is 15.9 Å². The first-order valence-corrected chi connectivity index (χ1v) is 9.60. The predicted octanol–water partition coefficient (Wildman–Crippen LogP) is 4.06. The molecule has 0 bridgehead atoms. The van der Waals surface area contributed by atoms with Gasteiger partial charge in [-0.3, -0.25) is 4.90 Å². The van der Waals surface area contributed by atoms with Crippen molar-refractivity contribution in [3.8, 4) is 5.75 Å². The van der Waals surface area contributed by atoms with Crippen molar-refractivity contribution in [2.45, 2.75) is 37.5 Å². The van der Waals surface area contributed by atoms with Crippen molar-refractivity contribution in [3.05, 3.63) is 63.9 Å². The molecule has 3 atom stereocenters. The van der Waals surface area contributed by atoms with Crippen molar-refractivity contribution in [2.24, 2.45) is 5.73 Å². The lowest BCUT2D eigenvalue weighted by atomic mass is 10.0. The molecule has 1 fully saturated rings. The van der Waals surface area contributed by atoms with Crippen LogP contribution in [0.5, 0.6) is 5.75 Å². The van der Waals surface area contributed by atoms with Gasteiger partial charge < -0.3 is 10.5 Å². The standard InChI is InChI=1S/C20H22BrFN2O/c21-17-8-7-15(11-18(17)22)25-20-16-6-2-1-4-13(16)10-19(20)24-9-3-5-14(23)12-24/h1-2,4,6-8,11,14,19-20H,3,5,9-10,12,23H2/t14-,19-,20+/m1/s1. The summed E-state index contributed by atoms with van der Waals surface area (Å²) >= 11 is 3.20. The van der Waals surface area contributed by atoms with Crippen molar-refractivity contribution < 1.29 is 9.13 Å². The fourth-order valence-corrected chi connectivity index (χ4v) is 4.28. The lowest BCUT2D eigenvalue weighted by Crippen LogP contribution is -2.49. The van der Waals surface area contributed by atoms with Gasteiger partial charge in [0.15, 0.2) is 0 Å². The molecule has 1 saturated heterocycles. The van der Waals surface area contributed by atoms with Gasteiger partial charge in [0.05, 0.1) is 10.5 Å². The first-order chi connectivity index (χ1) is 12.1. The first kappa shape index (κ1) is 17.0. The van der Waals surface area contributed by atoms with Crippen molar-refractivity contribution in [2.75, 3.05) is 13.1 Å². The fraction of sp³-hybridized carbons (Fsp3) is 0.400. The second-order valence-corrected chi connectivity index (χ2v) is 7.84. The number of likely N-dealkylation sites (tertiary alicyclic amines) is 1. The van der Waals surface area contributed by atoms with Crippen LogP contribution in [0, 0.1) is 5.82 Å². The van der Waals surface area contributed by atoms with Gasteiger partial charge >= 0.3 is 0 Å². The Bertz CT molecular complexity index is 769. The largest absolute Gasteiger partial charge is 0.484 e. The quantitative estimate of drug-likeness (QED) is 0.837. The predicted molar refractivity (Wildman–Crippen MR) is 100 cm³/mol. The van der Waals surface area contributed by atoms with Crippen molar-refractivity contribution in [3.63, 3.8) is 0 Å². The van der Waals surface area contributed by atoms with Crippen LogP contribution in [-0.2, 0) is 6.42 Å². The highest BCUT2D eigenvalue weighted by molar-refractivity contribution is 9.10. The second kappa shape index (κ2) is 7.06. The number of hydrogen-bond acceptors (Lipinski definition) is 3. The lowest BCUT2D eigenvalue weighted by molar-refractivity contribution is 0.0591. The van der Waals surface area contributed by atoms with Crippen LogP contribution in [0.25, 0.3) is 0 Å². The molecule has 132 valence electrons. The van der Waals surface area contributed by atoms with E-state index in [1.807, 2.05) is 12.1 Å². The molecule has 2 aliphatic rings. The van der Waals surface area contributed by atoms with Gasteiger partial charge in [-0.05, 0) is 65.0 Å². The van der Waals surface area contributed by atoms with Gasteiger partial charge in [0, 0.05) is 18.7 Å². The van der Waals surface area contributed by atoms with Gasteiger partial charge in [-0.1, -0.05) is 24.3 Å². The van der Waals surface area contributed by atoms with E-state index >= 15 is 0 Å². The second-order valence-electron chi connectivity index (χ2n) is 6.98. The molecule has 1 aliphatic carbocycles. The molecule has 0 unspecified atom stereocenters. The van der Waals surface area contributed by atoms with E-state index in [-0.39, 0.29) is 24.0 Å². The third-order valence-corrected chi connectivity index (χ3v) is 5.90. The maximum Gasteiger partial charge on any atom is 0.141 e. The number of rotatable bonds is 3. The smallest absolute Gasteiger partial charge is 0.141 e. The number of nitrogens with two attached hydrogens (primary N) is 1. The minimum Gasteiger partial charge on any atom is -0.484 e. The summed E-state index contributed by atoms with van der Waals surface area (Å²) in [6, 6.07) is 13.8. The molecular formula is C20H22BrFN2O. The molecule has 4 rings (SSSR count). The minimum atomic E-state index is -0.305. The van der Waals surface area contributed by atoms with Gasteiger partial charge in [0.2, 0.25) is 0 Å². The number of hydrogen-bond donors (Lipinski definition) is 1. The molecule has 2 aromatic rings. The zero-order chi connectivity index (χ0) is 17.4. The van der Waals surface area contributed by atoms with Crippen LogP contribution in [0.15, 0.2) is 46.9 Å². The van der Waals surface area contributed by atoms with E-state index in [1.54, 1.807) is 6.07 Å². The van der Waals surface area contributed by atoms with Crippen LogP contribution < -0.4 is 10.5 Å². The van der Waals surface area contributed by atoms with Crippen LogP contribution in [0.3, 0.4) is 0 Å². The van der Waals surface area contributed by atoms with Crippen LogP contribution in [0.2, 0.25) is 0 Å². The third kappa shape index (κ3) is 3.46. The molecule has 5 heteroatoms. The molecule has 2 aromatic carbocycles. The highest BCUT2D eigenvalue weighted by atomic mass is 79.9. The summed E-state index contributed by atoms with van der Waals surface area (Å²) in [7, 11) is 0. The molecule has 25 heavy (non-hydrogen) atoms. The molecule has 0 aromatic heterocycles. The number of halogens is 2. The zero-order valence-corrected chi connectivity index (χ0v) is 15.6. The van der Waals surface area contributed by atoms with E-state index in [0.29, 0.717) is 10.2 Å². The highest BCUT2D eigenvalue weighted by Gasteiger charge is 2.39. The monoisotopic (exact) mass is 404 g/mol. The van der Waals surface area contributed by atoms with Gasteiger partial charge in [-0.2, -0.15) is 0 Å². The molecule has 0 amide bonds. The Balaban J connectivity index is 1.63. The molecule has 1 heterocycles. The lowest BCUT2D eigenvalue weighted by Gasteiger charge is -2.38. The highest BCUT2D eigenvalue weighted by Crippen LogP contribution is 2.39. The first-order valence-electron chi connectivity index (χ1n) is 8.81. The average molecular weight is 405 g/mol. The van der Waals surface area contributed by atoms with Crippen molar-refractivity contribution in [1.29, 1.82) is 0 Å². The Morgan fingerprint density at radius 1 is 1.20 bits per heavy atom. The van der Waals surface area contributed by atoms with E-state index in [9.17, 15) is 4.39 Å². The summed E-state index contributed by atoms with van der Waals surface area (Å²) in [5.41, 5.74) is 8.71. The summed E-state index contributed by atoms with van der Waals surface area (Å²) in [6.45, 7) is 1.94. The van der Waals surface area contributed by atoms with E-state index in [4.69, 9.17) is 10.5 Å². The number of fused-ring (bicyclic) bond motifs is 1.